The maximum absolute atomic E-state index is 12.6. The zero-order valence-electron chi connectivity index (χ0n) is 17.8. The van der Waals surface area contributed by atoms with E-state index in [9.17, 15) is 22.5 Å². The summed E-state index contributed by atoms with van der Waals surface area (Å²) in [6.45, 7) is 0.0207. The van der Waals surface area contributed by atoms with E-state index in [0.29, 0.717) is 42.3 Å². The van der Waals surface area contributed by atoms with E-state index in [0.717, 1.165) is 35.0 Å². The van der Waals surface area contributed by atoms with Gasteiger partial charge in [-0.05, 0) is 61.4 Å². The van der Waals surface area contributed by atoms with E-state index in [-0.39, 0.29) is 5.25 Å². The Bertz CT molecular complexity index is 1340. The predicted molar refractivity (Wildman–Crippen MR) is 122 cm³/mol. The first-order valence-electron chi connectivity index (χ1n) is 10.9. The number of anilines is 1. The number of nitrogens with one attached hydrogen (secondary N) is 1. The second kappa shape index (κ2) is 8.34. The van der Waals surface area contributed by atoms with Crippen molar-refractivity contribution in [3.63, 3.8) is 0 Å². The smallest absolute Gasteiger partial charge is 0.272 e. The molecule has 0 aliphatic heterocycles. The van der Waals surface area contributed by atoms with Crippen molar-refractivity contribution < 1.29 is 21.9 Å². The Morgan fingerprint density at radius 1 is 1.12 bits per heavy atom. The molecule has 1 N–H and O–H groups in total. The van der Waals surface area contributed by atoms with Gasteiger partial charge >= 0.3 is 0 Å². The predicted octanol–water partition coefficient (Wildman–Crippen LogP) is 5.14. The zero-order chi connectivity index (χ0) is 23.2. The summed E-state index contributed by atoms with van der Waals surface area (Å²) in [5, 5.41) is 10.4. The van der Waals surface area contributed by atoms with E-state index in [2.05, 4.69) is 15.4 Å². The summed E-state index contributed by atoms with van der Waals surface area (Å²) in [6.07, 6.45) is 1.00. The van der Waals surface area contributed by atoms with Crippen molar-refractivity contribution in [2.24, 2.45) is 5.92 Å². The molecule has 1 heterocycles. The van der Waals surface area contributed by atoms with Gasteiger partial charge in [-0.1, -0.05) is 12.1 Å². The molecule has 6 nitrogen and oxygen atoms in total. The maximum atomic E-state index is 12.6. The third-order valence-electron chi connectivity index (χ3n) is 6.04. The molecule has 2 aliphatic rings. The highest BCUT2D eigenvalue weighted by Gasteiger charge is 2.35. The number of hydrogen-bond acceptors (Lipinski definition) is 4. The maximum Gasteiger partial charge on any atom is 0.272 e. The highest BCUT2D eigenvalue weighted by atomic mass is 32.2. The van der Waals surface area contributed by atoms with E-state index in [1.54, 1.807) is 42.5 Å². The fourth-order valence-corrected chi connectivity index (χ4v) is 5.45. The van der Waals surface area contributed by atoms with Crippen LogP contribution in [0.5, 0.6) is 5.75 Å². The minimum Gasteiger partial charge on any atom is -0.488 e. The number of nitrogens with zero attached hydrogens (tertiary/aromatic N) is 2. The zero-order valence-corrected chi connectivity index (χ0v) is 18.6. The van der Waals surface area contributed by atoms with Crippen LogP contribution in [0, 0.1) is 17.2 Å². The van der Waals surface area contributed by atoms with E-state index in [1.165, 1.54) is 0 Å². The van der Waals surface area contributed by atoms with Crippen molar-refractivity contribution in [1.82, 2.24) is 4.57 Å². The molecule has 2 fully saturated rings. The van der Waals surface area contributed by atoms with Crippen molar-refractivity contribution in [1.29, 1.82) is 5.26 Å². The number of halogens is 2. The summed E-state index contributed by atoms with van der Waals surface area (Å²) < 4.78 is 59.6. The number of fused-ring (bicyclic) bond motifs is 1. The molecule has 0 atom stereocenters. The fourth-order valence-electron chi connectivity index (χ4n) is 4.06. The van der Waals surface area contributed by atoms with Gasteiger partial charge in [0.2, 0.25) is 10.0 Å². The number of sulfonamides is 1. The first-order chi connectivity index (χ1) is 15.9. The SMILES string of the molecule is N#Cc1c(-c2ccc(NS(=O)(=O)C3CC3)cc2)n(CC2CC2)c2cc(OCC(F)F)ccc12. The van der Waals surface area contributed by atoms with Gasteiger partial charge in [-0.3, -0.25) is 4.72 Å². The molecule has 2 aromatic carbocycles. The Kier molecular flexibility index (Phi) is 5.49. The molecule has 172 valence electrons. The Morgan fingerprint density at radius 3 is 2.45 bits per heavy atom. The van der Waals surface area contributed by atoms with Crippen molar-refractivity contribution in [2.45, 2.75) is 43.9 Å². The topological polar surface area (TPSA) is 84.1 Å². The number of aromatic nitrogens is 1. The van der Waals surface area contributed by atoms with Crippen LogP contribution in [0.3, 0.4) is 0 Å². The van der Waals surface area contributed by atoms with E-state index in [1.807, 2.05) is 0 Å². The Morgan fingerprint density at radius 2 is 1.85 bits per heavy atom. The van der Waals surface area contributed by atoms with Crippen LogP contribution >= 0.6 is 0 Å². The summed E-state index contributed by atoms with van der Waals surface area (Å²) in [6, 6.07) is 14.4. The van der Waals surface area contributed by atoms with Crippen LogP contribution in [0.2, 0.25) is 0 Å². The van der Waals surface area contributed by atoms with E-state index >= 15 is 0 Å². The monoisotopic (exact) mass is 471 g/mol. The number of ether oxygens (including phenoxy) is 1. The van der Waals surface area contributed by atoms with Crippen molar-refractivity contribution in [3.8, 4) is 23.1 Å². The highest BCUT2D eigenvalue weighted by molar-refractivity contribution is 7.93. The number of alkyl halides is 2. The van der Waals surface area contributed by atoms with Crippen LogP contribution in [0.25, 0.3) is 22.2 Å². The Labute approximate surface area is 190 Å². The fraction of sp³-hybridized carbons (Fsp3) is 0.375. The van der Waals surface area contributed by atoms with Crippen molar-refractivity contribution >= 4 is 26.6 Å². The van der Waals surface area contributed by atoms with Gasteiger partial charge in [-0.2, -0.15) is 5.26 Å². The van der Waals surface area contributed by atoms with Crippen LogP contribution in [-0.2, 0) is 16.6 Å². The van der Waals surface area contributed by atoms with Crippen molar-refractivity contribution in [2.75, 3.05) is 11.3 Å². The average Bonchev–Trinajstić information content (AvgIpc) is 3.70. The van der Waals surface area contributed by atoms with Gasteiger partial charge in [0.1, 0.15) is 18.4 Å². The standard InChI is InChI=1S/C24H23F2N3O3S/c25-23(26)14-32-18-7-10-20-21(12-27)24(29(22(20)11-18)13-15-1-2-15)16-3-5-17(6-4-16)28-33(30,31)19-8-9-19/h3-7,10-11,15,19,23,28H,1-2,8-9,13-14H2. The molecule has 9 heteroatoms. The molecular formula is C24H23F2N3O3S. The number of rotatable bonds is 9. The summed E-state index contributed by atoms with van der Waals surface area (Å²) in [7, 11) is -3.36. The van der Waals surface area contributed by atoms with Crippen LogP contribution in [0.4, 0.5) is 14.5 Å². The van der Waals surface area contributed by atoms with Gasteiger partial charge in [0.05, 0.1) is 22.0 Å². The van der Waals surface area contributed by atoms with Gasteiger partial charge in [0.25, 0.3) is 6.43 Å². The summed E-state index contributed by atoms with van der Waals surface area (Å²) in [5.74, 6) is 0.833. The van der Waals surface area contributed by atoms with Gasteiger partial charge in [-0.25, -0.2) is 17.2 Å². The molecule has 2 aliphatic carbocycles. The molecule has 33 heavy (non-hydrogen) atoms. The lowest BCUT2D eigenvalue weighted by Crippen LogP contribution is -2.17. The van der Waals surface area contributed by atoms with Gasteiger partial charge in [0, 0.05) is 23.7 Å². The Balaban J connectivity index is 1.55. The first-order valence-corrected chi connectivity index (χ1v) is 12.5. The molecule has 0 bridgehead atoms. The minimum atomic E-state index is -3.36. The molecule has 0 radical (unpaired) electrons. The summed E-state index contributed by atoms with van der Waals surface area (Å²) >= 11 is 0. The van der Waals surface area contributed by atoms with Gasteiger partial charge < -0.3 is 9.30 Å². The molecule has 5 rings (SSSR count). The largest absolute Gasteiger partial charge is 0.488 e. The third-order valence-corrected chi connectivity index (χ3v) is 7.91. The quantitative estimate of drug-likeness (QED) is 0.468. The molecule has 0 unspecified atom stereocenters. The lowest BCUT2D eigenvalue weighted by atomic mass is 10.1. The van der Waals surface area contributed by atoms with Crippen LogP contribution < -0.4 is 9.46 Å². The molecule has 1 aromatic heterocycles. The van der Waals surface area contributed by atoms with Gasteiger partial charge in [0.15, 0.2) is 0 Å². The third kappa shape index (κ3) is 4.53. The lowest BCUT2D eigenvalue weighted by Gasteiger charge is -2.13. The molecular weight excluding hydrogens is 448 g/mol. The number of hydrogen-bond donors (Lipinski definition) is 1. The Hall–Kier alpha value is -3.12. The van der Waals surface area contributed by atoms with Crippen LogP contribution in [-0.4, -0.2) is 31.3 Å². The number of nitriles is 1. The molecule has 0 saturated heterocycles. The summed E-state index contributed by atoms with van der Waals surface area (Å²) in [4.78, 5) is 0. The molecule has 0 spiro atoms. The van der Waals surface area contributed by atoms with E-state index < -0.39 is 23.1 Å². The minimum absolute atomic E-state index is 0.315. The second-order valence-electron chi connectivity index (χ2n) is 8.69. The average molecular weight is 472 g/mol. The highest BCUT2D eigenvalue weighted by Crippen LogP contribution is 2.40. The summed E-state index contributed by atoms with van der Waals surface area (Å²) in [5.41, 5.74) is 3.27. The number of benzene rings is 2. The lowest BCUT2D eigenvalue weighted by molar-refractivity contribution is 0.0819. The van der Waals surface area contributed by atoms with Crippen LogP contribution in [0.1, 0.15) is 31.2 Å². The molecule has 2 saturated carbocycles. The first kappa shape index (κ1) is 21.7. The van der Waals surface area contributed by atoms with E-state index in [4.69, 9.17) is 4.74 Å². The van der Waals surface area contributed by atoms with Crippen molar-refractivity contribution in [3.05, 3.63) is 48.0 Å². The molecule has 0 amide bonds. The van der Waals surface area contributed by atoms with Gasteiger partial charge in [-0.15, -0.1) is 0 Å². The van der Waals surface area contributed by atoms with Crippen LogP contribution in [0.15, 0.2) is 42.5 Å². The second-order valence-corrected chi connectivity index (χ2v) is 10.7. The normalized spacial score (nSPS) is 16.2. The molecule has 3 aromatic rings.